The Morgan fingerprint density at radius 3 is 2.43 bits per heavy atom. The van der Waals surface area contributed by atoms with E-state index in [-0.39, 0.29) is 11.9 Å². The van der Waals surface area contributed by atoms with E-state index in [9.17, 15) is 9.59 Å². The SMILES string of the molecule is CSc1ccc(C(C)NC(=O)[C@@H]2CCC[C@@H]2C(=O)O)cc1. The summed E-state index contributed by atoms with van der Waals surface area (Å²) in [7, 11) is 0. The lowest BCUT2D eigenvalue weighted by Crippen LogP contribution is -2.36. The summed E-state index contributed by atoms with van der Waals surface area (Å²) < 4.78 is 0. The Labute approximate surface area is 129 Å². The summed E-state index contributed by atoms with van der Waals surface area (Å²) in [5.74, 6) is -1.92. The van der Waals surface area contributed by atoms with E-state index in [0.717, 1.165) is 12.0 Å². The van der Waals surface area contributed by atoms with Gasteiger partial charge in [-0.05, 0) is 43.7 Å². The molecule has 5 heteroatoms. The predicted octanol–water partition coefficient (Wildman–Crippen LogP) is 3.09. The Kier molecular flexibility index (Phi) is 5.28. The number of thioether (sulfide) groups is 1. The highest BCUT2D eigenvalue weighted by molar-refractivity contribution is 7.98. The van der Waals surface area contributed by atoms with Crippen molar-refractivity contribution in [2.45, 2.75) is 37.1 Å². The zero-order valence-corrected chi connectivity index (χ0v) is 13.2. The number of carboxylic acid groups (broad SMARTS) is 1. The molecule has 3 atom stereocenters. The highest BCUT2D eigenvalue weighted by Crippen LogP contribution is 2.32. The van der Waals surface area contributed by atoms with Crippen LogP contribution in [-0.4, -0.2) is 23.2 Å². The van der Waals surface area contributed by atoms with E-state index in [4.69, 9.17) is 5.11 Å². The highest BCUT2D eigenvalue weighted by atomic mass is 32.2. The van der Waals surface area contributed by atoms with E-state index in [1.807, 2.05) is 37.4 Å². The second-order valence-corrected chi connectivity index (χ2v) is 6.37. The molecule has 0 radical (unpaired) electrons. The van der Waals surface area contributed by atoms with E-state index < -0.39 is 17.8 Å². The van der Waals surface area contributed by atoms with E-state index in [0.29, 0.717) is 12.8 Å². The van der Waals surface area contributed by atoms with Crippen LogP contribution in [0.25, 0.3) is 0 Å². The van der Waals surface area contributed by atoms with Crippen molar-refractivity contribution in [2.75, 3.05) is 6.26 Å². The minimum absolute atomic E-state index is 0.108. The number of carbonyl (C=O) groups is 2. The van der Waals surface area contributed by atoms with Crippen LogP contribution in [0.15, 0.2) is 29.2 Å². The number of hydrogen-bond donors (Lipinski definition) is 2. The Hall–Kier alpha value is -1.49. The van der Waals surface area contributed by atoms with Crippen LogP contribution in [0.4, 0.5) is 0 Å². The van der Waals surface area contributed by atoms with Crippen LogP contribution >= 0.6 is 11.8 Å². The van der Waals surface area contributed by atoms with Crippen molar-refractivity contribution in [2.24, 2.45) is 11.8 Å². The Morgan fingerprint density at radius 1 is 1.24 bits per heavy atom. The van der Waals surface area contributed by atoms with E-state index in [1.165, 1.54) is 4.90 Å². The summed E-state index contributed by atoms with van der Waals surface area (Å²) in [6.07, 6.45) is 4.10. The maximum atomic E-state index is 12.3. The van der Waals surface area contributed by atoms with Crippen LogP contribution < -0.4 is 5.32 Å². The molecular formula is C16H21NO3S. The van der Waals surface area contributed by atoms with Gasteiger partial charge in [-0.25, -0.2) is 0 Å². The normalized spacial score (nSPS) is 22.8. The molecule has 1 unspecified atom stereocenters. The highest BCUT2D eigenvalue weighted by Gasteiger charge is 2.38. The summed E-state index contributed by atoms with van der Waals surface area (Å²) >= 11 is 1.67. The van der Waals surface area contributed by atoms with Gasteiger partial charge in [-0.1, -0.05) is 18.6 Å². The summed E-state index contributed by atoms with van der Waals surface area (Å²) in [6, 6.07) is 7.94. The third-order valence-electron chi connectivity index (χ3n) is 4.14. The first-order valence-corrected chi connectivity index (χ1v) is 8.42. The monoisotopic (exact) mass is 307 g/mol. The lowest BCUT2D eigenvalue weighted by atomic mass is 9.94. The van der Waals surface area contributed by atoms with Crippen LogP contribution in [0.2, 0.25) is 0 Å². The van der Waals surface area contributed by atoms with Crippen LogP contribution in [0, 0.1) is 11.8 Å². The van der Waals surface area contributed by atoms with Crippen LogP contribution in [-0.2, 0) is 9.59 Å². The van der Waals surface area contributed by atoms with Crippen molar-refractivity contribution in [3.05, 3.63) is 29.8 Å². The standard InChI is InChI=1S/C16H21NO3S/c1-10(11-6-8-12(21-2)9-7-11)17-15(18)13-4-3-5-14(13)16(19)20/h6-10,13-14H,3-5H2,1-2H3,(H,17,18)(H,19,20)/t10?,13-,14+/m1/s1. The summed E-state index contributed by atoms with van der Waals surface area (Å²) in [6.45, 7) is 1.93. The molecule has 1 aromatic carbocycles. The first-order valence-electron chi connectivity index (χ1n) is 7.20. The molecular weight excluding hydrogens is 286 g/mol. The molecule has 1 saturated carbocycles. The van der Waals surface area contributed by atoms with Crippen molar-refractivity contribution in [3.8, 4) is 0 Å². The van der Waals surface area contributed by atoms with Gasteiger partial charge in [-0.15, -0.1) is 11.8 Å². The minimum Gasteiger partial charge on any atom is -0.481 e. The van der Waals surface area contributed by atoms with Crippen molar-refractivity contribution in [3.63, 3.8) is 0 Å². The molecule has 0 saturated heterocycles. The first kappa shape index (κ1) is 15.9. The first-order chi connectivity index (χ1) is 10.0. The zero-order valence-electron chi connectivity index (χ0n) is 12.3. The number of benzene rings is 1. The lowest BCUT2D eigenvalue weighted by molar-refractivity contribution is -0.146. The molecule has 114 valence electrons. The minimum atomic E-state index is -0.857. The molecule has 1 aromatic rings. The summed E-state index contributed by atoms with van der Waals surface area (Å²) in [4.78, 5) is 24.6. The molecule has 0 heterocycles. The van der Waals surface area contributed by atoms with Crippen molar-refractivity contribution in [1.29, 1.82) is 0 Å². The number of nitrogens with one attached hydrogen (secondary N) is 1. The second-order valence-electron chi connectivity index (χ2n) is 5.49. The van der Waals surface area contributed by atoms with Gasteiger partial charge in [0.15, 0.2) is 0 Å². The molecule has 21 heavy (non-hydrogen) atoms. The maximum Gasteiger partial charge on any atom is 0.307 e. The molecule has 1 amide bonds. The predicted molar refractivity (Wildman–Crippen MR) is 83.2 cm³/mol. The average molecular weight is 307 g/mol. The number of carboxylic acids is 1. The van der Waals surface area contributed by atoms with Gasteiger partial charge in [-0.3, -0.25) is 9.59 Å². The molecule has 0 aliphatic heterocycles. The number of amides is 1. The molecule has 1 aliphatic rings. The van der Waals surface area contributed by atoms with Gasteiger partial charge in [0.2, 0.25) is 5.91 Å². The van der Waals surface area contributed by atoms with Crippen molar-refractivity contribution < 1.29 is 14.7 Å². The van der Waals surface area contributed by atoms with Gasteiger partial charge < -0.3 is 10.4 Å². The third-order valence-corrected chi connectivity index (χ3v) is 4.89. The second kappa shape index (κ2) is 6.98. The smallest absolute Gasteiger partial charge is 0.307 e. The molecule has 1 fully saturated rings. The van der Waals surface area contributed by atoms with Gasteiger partial charge in [-0.2, -0.15) is 0 Å². The molecule has 2 rings (SSSR count). The molecule has 2 N–H and O–H groups in total. The summed E-state index contributed by atoms with van der Waals surface area (Å²) in [5.41, 5.74) is 1.03. The number of rotatable bonds is 5. The van der Waals surface area contributed by atoms with Crippen LogP contribution in [0.3, 0.4) is 0 Å². The molecule has 0 bridgehead atoms. The fourth-order valence-corrected chi connectivity index (χ4v) is 3.27. The quantitative estimate of drug-likeness (QED) is 0.820. The van der Waals surface area contributed by atoms with Crippen LogP contribution in [0.5, 0.6) is 0 Å². The van der Waals surface area contributed by atoms with Gasteiger partial charge in [0.25, 0.3) is 0 Å². The molecule has 1 aliphatic carbocycles. The topological polar surface area (TPSA) is 66.4 Å². The van der Waals surface area contributed by atoms with Gasteiger partial charge in [0, 0.05) is 4.90 Å². The van der Waals surface area contributed by atoms with Gasteiger partial charge in [0.1, 0.15) is 0 Å². The lowest BCUT2D eigenvalue weighted by Gasteiger charge is -2.20. The molecule has 0 aromatic heterocycles. The van der Waals surface area contributed by atoms with Crippen molar-refractivity contribution in [1.82, 2.24) is 5.32 Å². The average Bonchev–Trinajstić information content (AvgIpc) is 2.97. The summed E-state index contributed by atoms with van der Waals surface area (Å²) in [5, 5.41) is 12.1. The zero-order chi connectivity index (χ0) is 15.4. The van der Waals surface area contributed by atoms with E-state index >= 15 is 0 Å². The number of aliphatic carboxylic acids is 1. The van der Waals surface area contributed by atoms with Gasteiger partial charge in [0.05, 0.1) is 17.9 Å². The number of hydrogen-bond acceptors (Lipinski definition) is 3. The van der Waals surface area contributed by atoms with Crippen molar-refractivity contribution >= 4 is 23.6 Å². The number of carbonyl (C=O) groups excluding carboxylic acids is 1. The molecule has 4 nitrogen and oxygen atoms in total. The molecule has 0 spiro atoms. The van der Waals surface area contributed by atoms with E-state index in [1.54, 1.807) is 11.8 Å². The fraction of sp³-hybridized carbons (Fsp3) is 0.500. The Balaban J connectivity index is 1.99. The van der Waals surface area contributed by atoms with Crippen LogP contribution in [0.1, 0.15) is 37.8 Å². The van der Waals surface area contributed by atoms with E-state index in [2.05, 4.69) is 5.32 Å². The van der Waals surface area contributed by atoms with Gasteiger partial charge >= 0.3 is 5.97 Å². The Morgan fingerprint density at radius 2 is 1.86 bits per heavy atom. The fourth-order valence-electron chi connectivity index (χ4n) is 2.87. The Bertz CT molecular complexity index is 515. The third kappa shape index (κ3) is 3.79. The largest absolute Gasteiger partial charge is 0.481 e. The maximum absolute atomic E-state index is 12.3.